The number of rotatable bonds is 7. The second-order valence-corrected chi connectivity index (χ2v) is 6.13. The molecule has 1 N–H and O–H groups in total. The summed E-state index contributed by atoms with van der Waals surface area (Å²) in [4.78, 5) is 16.2. The van der Waals surface area contributed by atoms with Crippen molar-refractivity contribution in [3.63, 3.8) is 0 Å². The number of hydrogen-bond acceptors (Lipinski definition) is 3. The lowest BCUT2D eigenvalue weighted by atomic mass is 10.0. The number of pyridine rings is 1. The van der Waals surface area contributed by atoms with E-state index in [0.29, 0.717) is 0 Å². The van der Waals surface area contributed by atoms with Crippen LogP contribution in [0.1, 0.15) is 29.7 Å². The fourth-order valence-electron chi connectivity index (χ4n) is 2.77. The molecule has 0 saturated carbocycles. The number of hydrogen-bond donors (Lipinski definition) is 1. The lowest BCUT2D eigenvalue weighted by Gasteiger charge is -2.15. The minimum absolute atomic E-state index is 0.0127. The number of benzene rings is 2. The Kier molecular flexibility index (Phi) is 5.99. The summed E-state index contributed by atoms with van der Waals surface area (Å²) in [5.74, 6) is 0.590. The maximum absolute atomic E-state index is 12.2. The first-order chi connectivity index (χ1) is 12.7. The van der Waals surface area contributed by atoms with Gasteiger partial charge in [0.15, 0.2) is 6.61 Å². The molecule has 0 aliphatic carbocycles. The van der Waals surface area contributed by atoms with E-state index >= 15 is 0 Å². The molecule has 0 unspecified atom stereocenters. The van der Waals surface area contributed by atoms with Crippen LogP contribution in [-0.2, 0) is 11.2 Å². The molecule has 0 bridgehead atoms. The van der Waals surface area contributed by atoms with Gasteiger partial charge in [-0.15, -0.1) is 0 Å². The lowest BCUT2D eigenvalue weighted by molar-refractivity contribution is -0.123. The van der Waals surface area contributed by atoms with Crippen molar-refractivity contribution in [2.24, 2.45) is 0 Å². The second-order valence-electron chi connectivity index (χ2n) is 6.13. The number of para-hydroxylation sites is 1. The molecule has 2 aromatic carbocycles. The summed E-state index contributed by atoms with van der Waals surface area (Å²) in [6, 6.07) is 21.7. The van der Waals surface area contributed by atoms with Crippen LogP contribution in [0.25, 0.3) is 0 Å². The maximum atomic E-state index is 12.2. The van der Waals surface area contributed by atoms with E-state index in [0.717, 1.165) is 23.3 Å². The van der Waals surface area contributed by atoms with Gasteiger partial charge >= 0.3 is 0 Å². The molecule has 0 radical (unpaired) electrons. The summed E-state index contributed by atoms with van der Waals surface area (Å²) in [5, 5.41) is 2.94. The molecule has 1 amide bonds. The van der Waals surface area contributed by atoms with Crippen molar-refractivity contribution >= 4 is 5.91 Å². The van der Waals surface area contributed by atoms with E-state index in [1.807, 2.05) is 61.5 Å². The Labute approximate surface area is 153 Å². The molecule has 1 heterocycles. The van der Waals surface area contributed by atoms with E-state index in [1.54, 1.807) is 12.4 Å². The van der Waals surface area contributed by atoms with Gasteiger partial charge in [-0.25, -0.2) is 0 Å². The monoisotopic (exact) mass is 346 g/mol. The molecule has 1 aromatic heterocycles. The number of nitrogens with zero attached hydrogens (tertiary/aromatic N) is 1. The standard InChI is InChI=1S/C22H22N2O2/c1-17(19-11-13-23-14-12-19)24-22(25)16-26-21-10-6-5-9-20(21)15-18-7-3-2-4-8-18/h2-14,17H,15-16H2,1H3,(H,24,25)/t17-/m0/s1. The molecular weight excluding hydrogens is 324 g/mol. The van der Waals surface area contributed by atoms with E-state index in [-0.39, 0.29) is 18.6 Å². The van der Waals surface area contributed by atoms with Crippen LogP contribution in [-0.4, -0.2) is 17.5 Å². The van der Waals surface area contributed by atoms with Gasteiger partial charge in [0, 0.05) is 18.8 Å². The fraction of sp³-hybridized carbons (Fsp3) is 0.182. The van der Waals surface area contributed by atoms with Gasteiger partial charge in [-0.2, -0.15) is 0 Å². The van der Waals surface area contributed by atoms with E-state index in [9.17, 15) is 4.79 Å². The van der Waals surface area contributed by atoms with E-state index < -0.39 is 0 Å². The Hall–Kier alpha value is -3.14. The van der Waals surface area contributed by atoms with Crippen LogP contribution in [0.4, 0.5) is 0 Å². The minimum Gasteiger partial charge on any atom is -0.483 e. The molecule has 26 heavy (non-hydrogen) atoms. The molecule has 132 valence electrons. The highest BCUT2D eigenvalue weighted by Crippen LogP contribution is 2.21. The first-order valence-electron chi connectivity index (χ1n) is 8.66. The average molecular weight is 346 g/mol. The van der Waals surface area contributed by atoms with Gasteiger partial charge in [0.25, 0.3) is 5.91 Å². The average Bonchev–Trinajstić information content (AvgIpc) is 2.69. The van der Waals surface area contributed by atoms with Crippen LogP contribution in [0.5, 0.6) is 5.75 Å². The molecule has 4 heteroatoms. The van der Waals surface area contributed by atoms with E-state index in [1.165, 1.54) is 5.56 Å². The Bertz CT molecular complexity index is 835. The smallest absolute Gasteiger partial charge is 0.258 e. The van der Waals surface area contributed by atoms with E-state index in [2.05, 4.69) is 22.4 Å². The van der Waals surface area contributed by atoms with Gasteiger partial charge in [0.05, 0.1) is 6.04 Å². The van der Waals surface area contributed by atoms with E-state index in [4.69, 9.17) is 4.74 Å². The minimum atomic E-state index is -0.149. The highest BCUT2D eigenvalue weighted by Gasteiger charge is 2.11. The summed E-state index contributed by atoms with van der Waals surface area (Å²) in [5.41, 5.74) is 3.28. The summed E-state index contributed by atoms with van der Waals surface area (Å²) in [7, 11) is 0. The maximum Gasteiger partial charge on any atom is 0.258 e. The normalized spacial score (nSPS) is 11.6. The first-order valence-corrected chi connectivity index (χ1v) is 8.66. The summed E-state index contributed by atoms with van der Waals surface area (Å²) < 4.78 is 5.78. The second kappa shape index (κ2) is 8.81. The van der Waals surface area contributed by atoms with Gasteiger partial charge < -0.3 is 10.1 Å². The third kappa shape index (κ3) is 4.93. The quantitative estimate of drug-likeness (QED) is 0.705. The number of carbonyl (C=O) groups is 1. The van der Waals surface area contributed by atoms with Crippen LogP contribution < -0.4 is 10.1 Å². The fourth-order valence-corrected chi connectivity index (χ4v) is 2.77. The van der Waals surface area contributed by atoms with Crippen molar-refractivity contribution in [3.05, 3.63) is 95.8 Å². The van der Waals surface area contributed by atoms with Crippen LogP contribution in [0.2, 0.25) is 0 Å². The molecule has 3 aromatic rings. The molecule has 1 atom stereocenters. The van der Waals surface area contributed by atoms with Crippen molar-refractivity contribution in [1.29, 1.82) is 0 Å². The first kappa shape index (κ1) is 17.7. The van der Waals surface area contributed by atoms with Gasteiger partial charge in [0.1, 0.15) is 5.75 Å². The molecule has 0 aliphatic heterocycles. The van der Waals surface area contributed by atoms with Crippen molar-refractivity contribution in [3.8, 4) is 5.75 Å². The molecule has 0 aliphatic rings. The number of carbonyl (C=O) groups excluding carboxylic acids is 1. The number of ether oxygens (including phenoxy) is 1. The van der Waals surface area contributed by atoms with Crippen LogP contribution in [0.15, 0.2) is 79.1 Å². The zero-order chi connectivity index (χ0) is 18.2. The van der Waals surface area contributed by atoms with Crippen LogP contribution in [0, 0.1) is 0 Å². The summed E-state index contributed by atoms with van der Waals surface area (Å²) >= 11 is 0. The van der Waals surface area contributed by atoms with Crippen molar-refractivity contribution in [1.82, 2.24) is 10.3 Å². The Morgan fingerprint density at radius 1 is 1.00 bits per heavy atom. The SMILES string of the molecule is C[C@H](NC(=O)COc1ccccc1Cc1ccccc1)c1ccncc1. The molecule has 4 nitrogen and oxygen atoms in total. The number of amides is 1. The van der Waals surface area contributed by atoms with Gasteiger partial charge in [-0.05, 0) is 41.8 Å². The number of aromatic nitrogens is 1. The zero-order valence-electron chi connectivity index (χ0n) is 14.8. The lowest BCUT2D eigenvalue weighted by Crippen LogP contribution is -2.31. The van der Waals surface area contributed by atoms with Gasteiger partial charge in [-0.3, -0.25) is 9.78 Å². The Morgan fingerprint density at radius 3 is 2.46 bits per heavy atom. The predicted octanol–water partition coefficient (Wildman–Crippen LogP) is 3.93. The molecule has 0 spiro atoms. The third-order valence-corrected chi connectivity index (χ3v) is 4.15. The molecule has 3 rings (SSSR count). The summed E-state index contributed by atoms with van der Waals surface area (Å²) in [6.07, 6.45) is 4.20. The van der Waals surface area contributed by atoms with Gasteiger partial charge in [-0.1, -0.05) is 48.5 Å². The molecular formula is C22H22N2O2. The van der Waals surface area contributed by atoms with Crippen molar-refractivity contribution < 1.29 is 9.53 Å². The zero-order valence-corrected chi connectivity index (χ0v) is 14.8. The predicted molar refractivity (Wildman–Crippen MR) is 102 cm³/mol. The Morgan fingerprint density at radius 2 is 1.69 bits per heavy atom. The Balaban J connectivity index is 1.58. The largest absolute Gasteiger partial charge is 0.483 e. The van der Waals surface area contributed by atoms with Crippen molar-refractivity contribution in [2.75, 3.05) is 6.61 Å². The summed E-state index contributed by atoms with van der Waals surface area (Å²) in [6.45, 7) is 1.93. The number of nitrogens with one attached hydrogen (secondary N) is 1. The third-order valence-electron chi connectivity index (χ3n) is 4.15. The highest BCUT2D eigenvalue weighted by atomic mass is 16.5. The molecule has 0 fully saturated rings. The van der Waals surface area contributed by atoms with Crippen molar-refractivity contribution in [2.45, 2.75) is 19.4 Å². The van der Waals surface area contributed by atoms with Crippen LogP contribution >= 0.6 is 0 Å². The van der Waals surface area contributed by atoms with Crippen LogP contribution in [0.3, 0.4) is 0 Å². The van der Waals surface area contributed by atoms with Gasteiger partial charge in [0.2, 0.25) is 0 Å². The highest BCUT2D eigenvalue weighted by molar-refractivity contribution is 5.78. The molecule has 0 saturated heterocycles. The topological polar surface area (TPSA) is 51.2 Å².